The number of aromatic nitrogens is 2. The van der Waals surface area contributed by atoms with E-state index in [0.29, 0.717) is 13.0 Å². The standard InChI is InChI=1S/C23H26N4O2/c1-3-17-6-5-7-18-19-10-13-29-23(4-2,22(19)26-21(17)18)14-20(28)27-25-15-16-8-11-24-12-9-16/h5-9,11-12,15,26H,3-4,10,13-14H2,1-2H3,(H,27,28)/b25-15+. The molecule has 0 saturated carbocycles. The zero-order chi connectivity index (χ0) is 20.3. The summed E-state index contributed by atoms with van der Waals surface area (Å²) in [4.78, 5) is 20.3. The van der Waals surface area contributed by atoms with Gasteiger partial charge in [-0.25, -0.2) is 5.43 Å². The smallest absolute Gasteiger partial charge is 0.243 e. The van der Waals surface area contributed by atoms with Crippen molar-refractivity contribution in [3.8, 4) is 0 Å². The Morgan fingerprint density at radius 1 is 1.31 bits per heavy atom. The number of rotatable bonds is 6. The predicted molar refractivity (Wildman–Crippen MR) is 114 cm³/mol. The Hall–Kier alpha value is -2.99. The number of hydrogen-bond donors (Lipinski definition) is 2. The third-order valence-corrected chi connectivity index (χ3v) is 5.72. The van der Waals surface area contributed by atoms with Gasteiger partial charge >= 0.3 is 0 Å². The number of nitrogens with one attached hydrogen (secondary N) is 2. The maximum Gasteiger partial charge on any atom is 0.243 e. The third kappa shape index (κ3) is 3.68. The summed E-state index contributed by atoms with van der Waals surface area (Å²) < 4.78 is 6.23. The summed E-state index contributed by atoms with van der Waals surface area (Å²) in [6, 6.07) is 10.1. The molecule has 1 aromatic carbocycles. The van der Waals surface area contributed by atoms with Gasteiger partial charge in [0.2, 0.25) is 5.91 Å². The molecular weight excluding hydrogens is 364 g/mol. The van der Waals surface area contributed by atoms with Crippen molar-refractivity contribution in [3.05, 3.63) is 65.1 Å². The number of fused-ring (bicyclic) bond motifs is 3. The molecule has 1 amide bonds. The van der Waals surface area contributed by atoms with Crippen LogP contribution in [0.1, 0.15) is 49.1 Å². The Labute approximate surface area is 170 Å². The van der Waals surface area contributed by atoms with Crippen LogP contribution in [0.3, 0.4) is 0 Å². The first kappa shape index (κ1) is 19.3. The highest BCUT2D eigenvalue weighted by atomic mass is 16.5. The molecule has 2 aromatic heterocycles. The van der Waals surface area contributed by atoms with Crippen LogP contribution in [-0.4, -0.2) is 28.7 Å². The van der Waals surface area contributed by atoms with Crippen molar-refractivity contribution in [2.45, 2.75) is 45.1 Å². The second kappa shape index (κ2) is 8.17. The number of hydrogen-bond acceptors (Lipinski definition) is 4. The molecular formula is C23H26N4O2. The number of carbonyl (C=O) groups is 1. The van der Waals surface area contributed by atoms with E-state index in [1.807, 2.05) is 12.1 Å². The first-order chi connectivity index (χ1) is 14.2. The number of amides is 1. The summed E-state index contributed by atoms with van der Waals surface area (Å²) in [7, 11) is 0. The van der Waals surface area contributed by atoms with Crippen LogP contribution in [-0.2, 0) is 28.0 Å². The van der Waals surface area contributed by atoms with Gasteiger partial charge in [-0.15, -0.1) is 0 Å². The topological polar surface area (TPSA) is 79.4 Å². The van der Waals surface area contributed by atoms with Gasteiger partial charge in [-0.2, -0.15) is 5.10 Å². The molecule has 3 aromatic rings. The number of aromatic amines is 1. The third-order valence-electron chi connectivity index (χ3n) is 5.72. The minimum atomic E-state index is -0.659. The monoisotopic (exact) mass is 390 g/mol. The first-order valence-corrected chi connectivity index (χ1v) is 10.2. The van der Waals surface area contributed by atoms with Gasteiger partial charge in [0.15, 0.2) is 0 Å². The number of pyridine rings is 1. The van der Waals surface area contributed by atoms with Crippen molar-refractivity contribution in [1.29, 1.82) is 0 Å². The van der Waals surface area contributed by atoms with E-state index >= 15 is 0 Å². The fourth-order valence-corrected chi connectivity index (χ4v) is 4.17. The summed E-state index contributed by atoms with van der Waals surface area (Å²) >= 11 is 0. The molecule has 4 rings (SSSR count). The van der Waals surface area contributed by atoms with Gasteiger partial charge in [0.25, 0.3) is 0 Å². The fourth-order valence-electron chi connectivity index (χ4n) is 4.17. The van der Waals surface area contributed by atoms with Crippen molar-refractivity contribution in [2.24, 2.45) is 5.10 Å². The van der Waals surface area contributed by atoms with Crippen LogP contribution in [0.4, 0.5) is 0 Å². The van der Waals surface area contributed by atoms with Crippen LogP contribution in [0.15, 0.2) is 47.8 Å². The lowest BCUT2D eigenvalue weighted by Gasteiger charge is -2.36. The number of H-pyrrole nitrogens is 1. The second-order valence-electron chi connectivity index (χ2n) is 7.37. The highest BCUT2D eigenvalue weighted by molar-refractivity contribution is 5.89. The van der Waals surface area contributed by atoms with Crippen molar-refractivity contribution >= 4 is 23.0 Å². The SMILES string of the molecule is CCc1cccc2c3c([nH]c12)C(CC)(CC(=O)N/N=C/c1ccncc1)OCC3. The quantitative estimate of drug-likeness (QED) is 0.496. The average Bonchev–Trinajstić information content (AvgIpc) is 3.15. The highest BCUT2D eigenvalue weighted by Gasteiger charge is 2.40. The van der Waals surface area contributed by atoms with Crippen molar-refractivity contribution < 1.29 is 9.53 Å². The summed E-state index contributed by atoms with van der Waals surface area (Å²) in [6.07, 6.45) is 7.73. The number of hydrazone groups is 1. The van der Waals surface area contributed by atoms with E-state index in [0.717, 1.165) is 24.1 Å². The van der Waals surface area contributed by atoms with Crippen molar-refractivity contribution in [2.75, 3.05) is 6.61 Å². The van der Waals surface area contributed by atoms with E-state index in [1.54, 1.807) is 18.6 Å². The Bertz CT molecular complexity index is 1040. The van der Waals surface area contributed by atoms with E-state index < -0.39 is 5.60 Å². The van der Waals surface area contributed by atoms with E-state index in [9.17, 15) is 4.79 Å². The lowest BCUT2D eigenvalue weighted by molar-refractivity contribution is -0.132. The zero-order valence-corrected chi connectivity index (χ0v) is 16.9. The van der Waals surface area contributed by atoms with Gasteiger partial charge in [-0.05, 0) is 48.1 Å². The molecule has 0 aliphatic carbocycles. The van der Waals surface area contributed by atoms with Crippen LogP contribution in [0.2, 0.25) is 0 Å². The molecule has 29 heavy (non-hydrogen) atoms. The number of aryl methyl sites for hydroxylation is 1. The Morgan fingerprint density at radius 3 is 2.90 bits per heavy atom. The number of carbonyl (C=O) groups excluding carboxylic acids is 1. The summed E-state index contributed by atoms with van der Waals surface area (Å²) in [5, 5.41) is 5.33. The van der Waals surface area contributed by atoms with Crippen molar-refractivity contribution in [1.82, 2.24) is 15.4 Å². The molecule has 1 aliphatic heterocycles. The van der Waals surface area contributed by atoms with E-state index in [1.165, 1.54) is 22.0 Å². The maximum absolute atomic E-state index is 12.7. The van der Waals surface area contributed by atoms with Gasteiger partial charge in [0.05, 0.1) is 24.9 Å². The van der Waals surface area contributed by atoms with Gasteiger partial charge in [-0.1, -0.05) is 32.0 Å². The number of ether oxygens (including phenoxy) is 1. The first-order valence-electron chi connectivity index (χ1n) is 10.2. The van der Waals surface area contributed by atoms with Crippen LogP contribution >= 0.6 is 0 Å². The largest absolute Gasteiger partial charge is 0.368 e. The molecule has 150 valence electrons. The molecule has 6 nitrogen and oxygen atoms in total. The second-order valence-corrected chi connectivity index (χ2v) is 7.37. The lowest BCUT2D eigenvalue weighted by atomic mass is 9.86. The molecule has 3 heterocycles. The van der Waals surface area contributed by atoms with Crippen LogP contribution in [0.25, 0.3) is 10.9 Å². The maximum atomic E-state index is 12.7. The van der Waals surface area contributed by atoms with Gasteiger partial charge in [-0.3, -0.25) is 9.78 Å². The molecule has 6 heteroatoms. The van der Waals surface area contributed by atoms with Crippen molar-refractivity contribution in [3.63, 3.8) is 0 Å². The lowest BCUT2D eigenvalue weighted by Crippen LogP contribution is -2.39. The molecule has 0 fully saturated rings. The number of para-hydroxylation sites is 1. The average molecular weight is 390 g/mol. The Morgan fingerprint density at radius 2 is 2.14 bits per heavy atom. The van der Waals surface area contributed by atoms with Crippen LogP contribution < -0.4 is 5.43 Å². The van der Waals surface area contributed by atoms with Gasteiger partial charge in [0, 0.05) is 23.3 Å². The molecule has 0 spiro atoms. The van der Waals surface area contributed by atoms with Crippen LogP contribution in [0.5, 0.6) is 0 Å². The summed E-state index contributed by atoms with van der Waals surface area (Å²) in [5.41, 5.74) is 7.62. The number of nitrogens with zero attached hydrogens (tertiary/aromatic N) is 2. The predicted octanol–water partition coefficient (Wildman–Crippen LogP) is 3.84. The molecule has 0 radical (unpaired) electrons. The minimum Gasteiger partial charge on any atom is -0.368 e. The Balaban J connectivity index is 1.60. The fraction of sp³-hybridized carbons (Fsp3) is 0.348. The van der Waals surface area contributed by atoms with E-state index in [4.69, 9.17) is 4.74 Å². The molecule has 1 unspecified atom stereocenters. The van der Waals surface area contributed by atoms with Gasteiger partial charge in [0.1, 0.15) is 5.60 Å². The Kier molecular flexibility index (Phi) is 5.45. The number of benzene rings is 1. The zero-order valence-electron chi connectivity index (χ0n) is 16.9. The van der Waals surface area contributed by atoms with E-state index in [2.05, 4.69) is 52.5 Å². The van der Waals surface area contributed by atoms with Crippen LogP contribution in [0, 0.1) is 0 Å². The molecule has 1 aliphatic rings. The molecule has 1 atom stereocenters. The molecule has 0 saturated heterocycles. The normalized spacial score (nSPS) is 18.8. The minimum absolute atomic E-state index is 0.167. The van der Waals surface area contributed by atoms with Gasteiger partial charge < -0.3 is 9.72 Å². The van der Waals surface area contributed by atoms with E-state index in [-0.39, 0.29) is 12.3 Å². The molecule has 0 bridgehead atoms. The summed E-state index contributed by atoms with van der Waals surface area (Å²) in [6.45, 7) is 4.83. The molecule has 2 N–H and O–H groups in total. The highest BCUT2D eigenvalue weighted by Crippen LogP contribution is 2.42. The summed E-state index contributed by atoms with van der Waals surface area (Å²) in [5.74, 6) is -0.167.